The molecule has 1 heterocycles. The van der Waals surface area contributed by atoms with E-state index in [1.54, 1.807) is 16.4 Å². The summed E-state index contributed by atoms with van der Waals surface area (Å²) >= 11 is 1.60. The summed E-state index contributed by atoms with van der Waals surface area (Å²) in [7, 11) is 1.85. The Balaban J connectivity index is 2.84. The maximum atomic E-state index is 3.81. The van der Waals surface area contributed by atoms with Gasteiger partial charge in [-0.3, -0.25) is 4.68 Å². The second-order valence-electron chi connectivity index (χ2n) is 1.43. The Labute approximate surface area is 52.1 Å². The van der Waals surface area contributed by atoms with Crippen molar-refractivity contribution in [3.8, 4) is 0 Å². The van der Waals surface area contributed by atoms with Gasteiger partial charge in [-0.25, -0.2) is 0 Å². The molecular formula is C4H7N3S. The lowest BCUT2D eigenvalue weighted by Gasteiger charge is -1.78. The van der Waals surface area contributed by atoms with Gasteiger partial charge >= 0.3 is 0 Å². The van der Waals surface area contributed by atoms with Crippen molar-refractivity contribution in [2.24, 2.45) is 7.05 Å². The van der Waals surface area contributed by atoms with Crippen LogP contribution in [0.1, 0.15) is 0 Å². The number of hydrogen-bond acceptors (Lipinski definition) is 3. The lowest BCUT2D eigenvalue weighted by Crippen LogP contribution is -1.85. The molecule has 0 fully saturated rings. The number of nitrogens with zero attached hydrogens (tertiary/aromatic N) is 3. The first kappa shape index (κ1) is 5.62. The monoisotopic (exact) mass is 129 g/mol. The summed E-state index contributed by atoms with van der Waals surface area (Å²) in [4.78, 5) is 0. The molecule has 0 saturated heterocycles. The normalized spacial score (nSPS) is 9.75. The molecule has 0 radical (unpaired) electrons. The van der Waals surface area contributed by atoms with Crippen LogP contribution in [0, 0.1) is 0 Å². The van der Waals surface area contributed by atoms with Crippen molar-refractivity contribution in [2.45, 2.75) is 5.03 Å². The van der Waals surface area contributed by atoms with Gasteiger partial charge < -0.3 is 0 Å². The first-order chi connectivity index (χ1) is 3.83. The van der Waals surface area contributed by atoms with Crippen molar-refractivity contribution in [3.05, 3.63) is 6.20 Å². The van der Waals surface area contributed by atoms with Crippen LogP contribution in [0.15, 0.2) is 11.2 Å². The molecule has 0 unspecified atom stereocenters. The fourth-order valence-corrected chi connectivity index (χ4v) is 0.796. The van der Waals surface area contributed by atoms with Crippen molar-refractivity contribution >= 4 is 11.8 Å². The highest BCUT2D eigenvalue weighted by atomic mass is 32.2. The average molecular weight is 129 g/mol. The zero-order valence-corrected chi connectivity index (χ0v) is 5.64. The van der Waals surface area contributed by atoms with E-state index in [-0.39, 0.29) is 0 Å². The van der Waals surface area contributed by atoms with E-state index >= 15 is 0 Å². The van der Waals surface area contributed by atoms with Crippen molar-refractivity contribution in [2.75, 3.05) is 6.26 Å². The molecule has 0 saturated carbocycles. The SMILES string of the molecule is CSc1cn(C)nn1. The Morgan fingerprint density at radius 3 is 2.75 bits per heavy atom. The summed E-state index contributed by atoms with van der Waals surface area (Å²) in [5.41, 5.74) is 0. The van der Waals surface area contributed by atoms with Gasteiger partial charge in [0.05, 0.1) is 6.20 Å². The van der Waals surface area contributed by atoms with Crippen molar-refractivity contribution in [3.63, 3.8) is 0 Å². The predicted molar refractivity (Wildman–Crippen MR) is 32.8 cm³/mol. The molecule has 0 bridgehead atoms. The summed E-state index contributed by atoms with van der Waals surface area (Å²) in [6, 6.07) is 0. The molecule has 0 spiro atoms. The summed E-state index contributed by atoms with van der Waals surface area (Å²) < 4.78 is 1.69. The van der Waals surface area contributed by atoms with Gasteiger partial charge in [0.25, 0.3) is 0 Å². The minimum Gasteiger partial charge on any atom is -0.254 e. The Bertz CT molecular complexity index is 172. The van der Waals surface area contributed by atoms with Gasteiger partial charge in [0.2, 0.25) is 0 Å². The fraction of sp³-hybridized carbons (Fsp3) is 0.500. The number of thioether (sulfide) groups is 1. The van der Waals surface area contributed by atoms with Crippen LogP contribution in [0.4, 0.5) is 0 Å². The molecule has 0 atom stereocenters. The topological polar surface area (TPSA) is 30.7 Å². The highest BCUT2D eigenvalue weighted by molar-refractivity contribution is 7.98. The molecule has 0 aliphatic carbocycles. The lowest BCUT2D eigenvalue weighted by molar-refractivity contribution is 0.712. The third-order valence-corrected chi connectivity index (χ3v) is 1.40. The van der Waals surface area contributed by atoms with Gasteiger partial charge in [0, 0.05) is 7.05 Å². The van der Waals surface area contributed by atoms with Gasteiger partial charge in [0.15, 0.2) is 0 Å². The van der Waals surface area contributed by atoms with E-state index < -0.39 is 0 Å². The molecule has 4 heteroatoms. The Kier molecular flexibility index (Phi) is 1.53. The quantitative estimate of drug-likeness (QED) is 0.518. The maximum Gasteiger partial charge on any atom is 0.138 e. The van der Waals surface area contributed by atoms with E-state index in [1.165, 1.54) is 0 Å². The summed E-state index contributed by atoms with van der Waals surface area (Å²) in [6.07, 6.45) is 3.86. The second kappa shape index (κ2) is 2.17. The van der Waals surface area contributed by atoms with Gasteiger partial charge in [-0.15, -0.1) is 16.9 Å². The highest BCUT2D eigenvalue weighted by Gasteiger charge is 1.90. The van der Waals surface area contributed by atoms with E-state index in [9.17, 15) is 0 Å². The largest absolute Gasteiger partial charge is 0.254 e. The van der Waals surface area contributed by atoms with Crippen LogP contribution in [0.3, 0.4) is 0 Å². The summed E-state index contributed by atoms with van der Waals surface area (Å²) in [5, 5.41) is 8.51. The average Bonchev–Trinajstić information content (AvgIpc) is 2.14. The third kappa shape index (κ3) is 1.01. The summed E-state index contributed by atoms with van der Waals surface area (Å²) in [5.74, 6) is 0. The van der Waals surface area contributed by atoms with E-state index in [4.69, 9.17) is 0 Å². The standard InChI is InChI=1S/C4H7N3S/c1-7-3-4(8-2)5-6-7/h3H,1-2H3. The van der Waals surface area contributed by atoms with Crippen LogP contribution in [0.2, 0.25) is 0 Å². The number of rotatable bonds is 1. The predicted octanol–water partition coefficient (Wildman–Crippen LogP) is 0.537. The van der Waals surface area contributed by atoms with Gasteiger partial charge in [-0.2, -0.15) is 0 Å². The fourth-order valence-electron chi connectivity index (χ4n) is 0.420. The van der Waals surface area contributed by atoms with Crippen molar-refractivity contribution in [1.29, 1.82) is 0 Å². The molecule has 1 aromatic heterocycles. The highest BCUT2D eigenvalue weighted by Crippen LogP contribution is 2.06. The zero-order valence-electron chi connectivity index (χ0n) is 4.83. The molecule has 8 heavy (non-hydrogen) atoms. The molecular weight excluding hydrogens is 122 g/mol. The van der Waals surface area contributed by atoms with Crippen molar-refractivity contribution in [1.82, 2.24) is 15.0 Å². The first-order valence-electron chi connectivity index (χ1n) is 2.23. The Hall–Kier alpha value is -0.510. The number of aromatic nitrogens is 3. The van der Waals surface area contributed by atoms with E-state index in [0.717, 1.165) is 5.03 Å². The Morgan fingerprint density at radius 2 is 2.50 bits per heavy atom. The molecule has 44 valence electrons. The Morgan fingerprint density at radius 1 is 1.75 bits per heavy atom. The van der Waals surface area contributed by atoms with Crippen LogP contribution >= 0.6 is 11.8 Å². The van der Waals surface area contributed by atoms with Gasteiger partial charge in [-0.1, -0.05) is 5.21 Å². The third-order valence-electron chi connectivity index (χ3n) is 0.791. The van der Waals surface area contributed by atoms with E-state index in [1.807, 2.05) is 19.5 Å². The molecule has 0 aliphatic heterocycles. The van der Waals surface area contributed by atoms with E-state index in [2.05, 4.69) is 10.3 Å². The van der Waals surface area contributed by atoms with Crippen LogP contribution in [-0.4, -0.2) is 21.2 Å². The second-order valence-corrected chi connectivity index (χ2v) is 2.26. The number of aryl methyl sites for hydroxylation is 1. The first-order valence-corrected chi connectivity index (χ1v) is 3.45. The molecule has 3 nitrogen and oxygen atoms in total. The van der Waals surface area contributed by atoms with Crippen LogP contribution in [0.25, 0.3) is 0 Å². The van der Waals surface area contributed by atoms with Crippen LogP contribution in [-0.2, 0) is 7.05 Å². The molecule has 0 aromatic carbocycles. The molecule has 0 N–H and O–H groups in total. The molecule has 0 amide bonds. The zero-order chi connectivity index (χ0) is 5.98. The maximum absolute atomic E-state index is 3.81. The summed E-state index contributed by atoms with van der Waals surface area (Å²) in [6.45, 7) is 0. The number of hydrogen-bond donors (Lipinski definition) is 0. The molecule has 1 rings (SSSR count). The van der Waals surface area contributed by atoms with Crippen LogP contribution in [0.5, 0.6) is 0 Å². The van der Waals surface area contributed by atoms with Crippen molar-refractivity contribution < 1.29 is 0 Å². The smallest absolute Gasteiger partial charge is 0.138 e. The lowest BCUT2D eigenvalue weighted by atomic mass is 10.9. The molecule has 1 aromatic rings. The van der Waals surface area contributed by atoms with Crippen LogP contribution < -0.4 is 0 Å². The van der Waals surface area contributed by atoms with Gasteiger partial charge in [-0.05, 0) is 6.26 Å². The molecule has 0 aliphatic rings. The minimum atomic E-state index is 0.965. The van der Waals surface area contributed by atoms with E-state index in [0.29, 0.717) is 0 Å². The minimum absolute atomic E-state index is 0.965. The van der Waals surface area contributed by atoms with Gasteiger partial charge in [0.1, 0.15) is 5.03 Å².